The summed E-state index contributed by atoms with van der Waals surface area (Å²) in [6.07, 6.45) is 0. The Kier molecular flexibility index (Phi) is 3.91. The van der Waals surface area contributed by atoms with Crippen LogP contribution in [0.25, 0.3) is 5.76 Å². The number of halogens is 3. The highest BCUT2D eigenvalue weighted by molar-refractivity contribution is 7.87. The molecule has 0 atom stereocenters. The second-order valence-corrected chi connectivity index (χ2v) is 6.21. The van der Waals surface area contributed by atoms with E-state index in [0.717, 1.165) is 18.4 Å². The third-order valence-corrected chi connectivity index (χ3v) is 4.14. The van der Waals surface area contributed by atoms with E-state index in [1.165, 1.54) is 5.51 Å². The molecule has 0 saturated heterocycles. The van der Waals surface area contributed by atoms with E-state index in [1.807, 2.05) is 0 Å². The van der Waals surface area contributed by atoms with E-state index in [1.54, 1.807) is 0 Å². The second-order valence-electron chi connectivity index (χ2n) is 3.81. The molecule has 0 saturated carbocycles. The number of aromatic nitrogens is 1. The molecular weight excluding hydrogens is 349 g/mol. The molecule has 0 bridgehead atoms. The van der Waals surface area contributed by atoms with Gasteiger partial charge in [-0.05, 0) is 0 Å². The van der Waals surface area contributed by atoms with Crippen molar-refractivity contribution in [2.24, 2.45) is 0 Å². The Labute approximate surface area is 126 Å². The van der Waals surface area contributed by atoms with E-state index in [-0.39, 0.29) is 16.4 Å². The smallest absolute Gasteiger partial charge is 0.465 e. The molecule has 0 radical (unpaired) electrons. The van der Waals surface area contributed by atoms with Crippen LogP contribution in [0.15, 0.2) is 23.4 Å². The number of carbonyl (C=O) groups is 1. The van der Waals surface area contributed by atoms with Crippen LogP contribution in [-0.2, 0) is 23.8 Å². The van der Waals surface area contributed by atoms with Gasteiger partial charge in [0, 0.05) is 0 Å². The maximum atomic E-state index is 12.5. The fraction of sp³-hybridized carbons (Fsp3) is 0.200. The summed E-state index contributed by atoms with van der Waals surface area (Å²) in [4.78, 5) is 15.4. The maximum absolute atomic E-state index is 12.5. The molecule has 2 rings (SSSR count). The van der Waals surface area contributed by atoms with Crippen molar-refractivity contribution in [2.75, 3.05) is 12.4 Å². The zero-order chi connectivity index (χ0) is 16.7. The van der Waals surface area contributed by atoms with Gasteiger partial charge in [-0.2, -0.15) is 21.6 Å². The van der Waals surface area contributed by atoms with Gasteiger partial charge in [-0.15, -0.1) is 11.3 Å². The van der Waals surface area contributed by atoms with Crippen LogP contribution in [-0.4, -0.2) is 32.0 Å². The predicted octanol–water partition coefficient (Wildman–Crippen LogP) is 1.83. The molecule has 2 heterocycles. The number of nitrogens with one attached hydrogen (secondary N) is 1. The van der Waals surface area contributed by atoms with Crippen molar-refractivity contribution in [3.05, 3.63) is 29.1 Å². The van der Waals surface area contributed by atoms with Gasteiger partial charge >= 0.3 is 21.6 Å². The third-order valence-electron chi connectivity index (χ3n) is 2.44. The van der Waals surface area contributed by atoms with Crippen molar-refractivity contribution in [2.45, 2.75) is 5.51 Å². The molecule has 12 heteroatoms. The first-order valence-electron chi connectivity index (χ1n) is 5.32. The average Bonchev–Trinajstić information content (AvgIpc) is 2.84. The largest absolute Gasteiger partial charge is 0.534 e. The molecule has 1 aliphatic rings. The van der Waals surface area contributed by atoms with Gasteiger partial charge in [0.15, 0.2) is 5.76 Å². The lowest BCUT2D eigenvalue weighted by atomic mass is 10.1. The Balaban J connectivity index is 2.64. The van der Waals surface area contributed by atoms with Crippen LogP contribution in [0.1, 0.15) is 5.69 Å². The summed E-state index contributed by atoms with van der Waals surface area (Å²) in [5, 5.41) is 2.79. The molecule has 0 unspecified atom stereocenters. The summed E-state index contributed by atoms with van der Waals surface area (Å²) < 4.78 is 68.4. The summed E-state index contributed by atoms with van der Waals surface area (Å²) in [6, 6.07) is 0. The Morgan fingerprint density at radius 2 is 2.09 bits per heavy atom. The minimum Gasteiger partial charge on any atom is -0.465 e. The molecule has 0 amide bonds. The highest BCUT2D eigenvalue weighted by Crippen LogP contribution is 2.40. The number of fused-ring (bicyclic) bond motifs is 1. The van der Waals surface area contributed by atoms with Gasteiger partial charge in [0.2, 0.25) is 0 Å². The van der Waals surface area contributed by atoms with Gasteiger partial charge in [0.1, 0.15) is 16.3 Å². The molecule has 22 heavy (non-hydrogen) atoms. The fourth-order valence-electron chi connectivity index (χ4n) is 1.51. The van der Waals surface area contributed by atoms with Crippen molar-refractivity contribution in [3.63, 3.8) is 0 Å². The lowest BCUT2D eigenvalue weighted by Crippen LogP contribution is -2.28. The van der Waals surface area contributed by atoms with Crippen LogP contribution >= 0.6 is 11.3 Å². The minimum absolute atomic E-state index is 0.170. The number of hydrogen-bond donors (Lipinski definition) is 1. The van der Waals surface area contributed by atoms with Gasteiger partial charge < -0.3 is 14.2 Å². The van der Waals surface area contributed by atoms with Crippen molar-refractivity contribution in [1.82, 2.24) is 4.98 Å². The second kappa shape index (κ2) is 5.28. The standard InChI is InChI=1S/C10H7F3N2O5S2/c1-4-5(9(16)19-2)7(6-8(15-4)21-3-14-6)20-22(17,18)10(11,12)13/h3,15H,1H2,2H3. The number of anilines is 1. The van der Waals surface area contributed by atoms with Crippen LogP contribution in [0.2, 0.25) is 0 Å². The van der Waals surface area contributed by atoms with Crippen molar-refractivity contribution < 1.29 is 35.3 Å². The number of alkyl halides is 3. The Bertz CT molecular complexity index is 779. The number of esters is 1. The zero-order valence-corrected chi connectivity index (χ0v) is 12.4. The summed E-state index contributed by atoms with van der Waals surface area (Å²) in [7, 11) is -5.02. The molecule has 7 nitrogen and oxygen atoms in total. The SMILES string of the molecule is C=C1Nc2scnc2C(OS(=O)(=O)C(F)(F)F)=C1C(=O)OC. The Morgan fingerprint density at radius 1 is 1.45 bits per heavy atom. The van der Waals surface area contributed by atoms with Crippen LogP contribution < -0.4 is 5.32 Å². The van der Waals surface area contributed by atoms with Crippen molar-refractivity contribution >= 4 is 38.2 Å². The number of methoxy groups -OCH3 is 1. The summed E-state index contributed by atoms with van der Waals surface area (Å²) >= 11 is 0.962. The van der Waals surface area contributed by atoms with E-state index in [4.69, 9.17) is 0 Å². The van der Waals surface area contributed by atoms with Crippen LogP contribution in [0.3, 0.4) is 0 Å². The molecular formula is C10H7F3N2O5S2. The molecule has 1 aliphatic heterocycles. The molecule has 0 aromatic carbocycles. The van der Waals surface area contributed by atoms with Gasteiger partial charge in [-0.25, -0.2) is 9.78 Å². The molecule has 0 fully saturated rings. The first-order valence-corrected chi connectivity index (χ1v) is 7.60. The highest BCUT2D eigenvalue weighted by Gasteiger charge is 2.50. The van der Waals surface area contributed by atoms with E-state index in [2.05, 4.69) is 25.8 Å². The topological polar surface area (TPSA) is 94.6 Å². The summed E-state index contributed by atoms with van der Waals surface area (Å²) in [5.74, 6) is -2.01. The monoisotopic (exact) mass is 356 g/mol. The van der Waals surface area contributed by atoms with Gasteiger partial charge in [-0.1, -0.05) is 6.58 Å². The van der Waals surface area contributed by atoms with E-state index in [9.17, 15) is 26.4 Å². The first-order chi connectivity index (χ1) is 10.1. The number of carbonyl (C=O) groups excluding carboxylic acids is 1. The molecule has 120 valence electrons. The Hall–Kier alpha value is -2.08. The molecule has 0 spiro atoms. The third kappa shape index (κ3) is 2.66. The first kappa shape index (κ1) is 16.3. The van der Waals surface area contributed by atoms with E-state index >= 15 is 0 Å². The normalized spacial score (nSPS) is 15.2. The highest BCUT2D eigenvalue weighted by atomic mass is 32.2. The zero-order valence-electron chi connectivity index (χ0n) is 10.7. The minimum atomic E-state index is -5.99. The fourth-order valence-corrected chi connectivity index (χ4v) is 2.69. The number of rotatable bonds is 3. The Morgan fingerprint density at radius 3 is 2.64 bits per heavy atom. The molecule has 1 N–H and O–H groups in total. The number of thiazole rings is 1. The molecule has 0 aliphatic carbocycles. The number of hydrogen-bond acceptors (Lipinski definition) is 8. The molecule has 1 aromatic heterocycles. The molecule has 1 aromatic rings. The van der Waals surface area contributed by atoms with Gasteiger partial charge in [-0.3, -0.25) is 0 Å². The van der Waals surface area contributed by atoms with Gasteiger partial charge in [0.05, 0.1) is 18.3 Å². The number of nitrogens with zero attached hydrogens (tertiary/aromatic N) is 1. The van der Waals surface area contributed by atoms with Crippen molar-refractivity contribution in [1.29, 1.82) is 0 Å². The lowest BCUT2D eigenvalue weighted by molar-refractivity contribution is -0.135. The summed E-state index contributed by atoms with van der Waals surface area (Å²) in [5.41, 5.74) is -5.45. The van der Waals surface area contributed by atoms with Crippen LogP contribution in [0.5, 0.6) is 0 Å². The number of ether oxygens (including phenoxy) is 1. The van der Waals surface area contributed by atoms with Crippen LogP contribution in [0, 0.1) is 0 Å². The van der Waals surface area contributed by atoms with E-state index < -0.39 is 32.9 Å². The van der Waals surface area contributed by atoms with Crippen molar-refractivity contribution in [3.8, 4) is 0 Å². The maximum Gasteiger partial charge on any atom is 0.534 e. The summed E-state index contributed by atoms with van der Waals surface area (Å²) in [6.45, 7) is 3.44. The van der Waals surface area contributed by atoms with Gasteiger partial charge in [0.25, 0.3) is 0 Å². The average molecular weight is 356 g/mol. The van der Waals surface area contributed by atoms with Crippen LogP contribution in [0.4, 0.5) is 18.2 Å². The quantitative estimate of drug-likeness (QED) is 0.502. The van der Waals surface area contributed by atoms with E-state index in [0.29, 0.717) is 0 Å². The lowest BCUT2D eigenvalue weighted by Gasteiger charge is -2.21. The predicted molar refractivity (Wildman–Crippen MR) is 69.9 cm³/mol.